The van der Waals surface area contributed by atoms with Crippen LogP contribution >= 0.6 is 0 Å². The summed E-state index contributed by atoms with van der Waals surface area (Å²) in [4.78, 5) is 20.3. The molecule has 0 heterocycles. The van der Waals surface area contributed by atoms with Crippen molar-refractivity contribution in [2.45, 2.75) is 0 Å². The number of benzene rings is 1. The minimum atomic E-state index is -1.25. The number of nitrogens with zero attached hydrogens (tertiary/aromatic N) is 1. The van der Waals surface area contributed by atoms with Crippen LogP contribution in [0.2, 0.25) is 0 Å². The largest absolute Gasteiger partial charge is 0.478 e. The Morgan fingerprint density at radius 1 is 1.50 bits per heavy atom. The maximum absolute atomic E-state index is 10.6. The molecule has 1 N–H and O–H groups in total. The number of carboxylic acids is 1. The van der Waals surface area contributed by atoms with Crippen LogP contribution in [0.15, 0.2) is 18.2 Å². The summed E-state index contributed by atoms with van der Waals surface area (Å²) in [6, 6.07) is 3.31. The summed E-state index contributed by atoms with van der Waals surface area (Å²) in [5, 5.41) is 19.0. The monoisotopic (exact) mass is 191 g/mol. The molecule has 0 saturated carbocycles. The Labute approximate surface area is 79.1 Å². The molecule has 0 fully saturated rings. The first-order valence-corrected chi connectivity index (χ1v) is 3.54. The molecule has 0 unspecified atom stereocenters. The molecule has 1 aromatic rings. The standard InChI is InChI=1S/C9H5NO4/c1-2-6-3-7(9(11)12)5-8(4-6)10(13)14/h1,3-5H,(H,11,12). The maximum atomic E-state index is 10.6. The summed E-state index contributed by atoms with van der Waals surface area (Å²) >= 11 is 0. The Kier molecular flexibility index (Phi) is 2.49. The molecule has 5 nitrogen and oxygen atoms in total. The Morgan fingerprint density at radius 2 is 2.14 bits per heavy atom. The van der Waals surface area contributed by atoms with E-state index in [4.69, 9.17) is 11.5 Å². The van der Waals surface area contributed by atoms with Crippen molar-refractivity contribution in [3.05, 3.63) is 39.4 Å². The van der Waals surface area contributed by atoms with E-state index in [1.807, 2.05) is 0 Å². The van der Waals surface area contributed by atoms with Crippen molar-refractivity contribution in [2.75, 3.05) is 0 Å². The average molecular weight is 191 g/mol. The molecular weight excluding hydrogens is 186 g/mol. The molecule has 0 bridgehead atoms. The van der Waals surface area contributed by atoms with Crippen LogP contribution in [0.3, 0.4) is 0 Å². The van der Waals surface area contributed by atoms with Gasteiger partial charge in [-0.15, -0.1) is 6.42 Å². The van der Waals surface area contributed by atoms with Crippen LogP contribution < -0.4 is 0 Å². The molecule has 1 aromatic carbocycles. The van der Waals surface area contributed by atoms with Crippen molar-refractivity contribution >= 4 is 11.7 Å². The fourth-order valence-electron chi connectivity index (χ4n) is 0.923. The van der Waals surface area contributed by atoms with Crippen molar-refractivity contribution < 1.29 is 14.8 Å². The molecule has 14 heavy (non-hydrogen) atoms. The number of nitro groups is 1. The lowest BCUT2D eigenvalue weighted by molar-refractivity contribution is -0.384. The molecule has 5 heteroatoms. The number of terminal acetylenes is 1. The van der Waals surface area contributed by atoms with Gasteiger partial charge in [0.1, 0.15) is 0 Å². The minimum Gasteiger partial charge on any atom is -0.478 e. The van der Waals surface area contributed by atoms with Crippen LogP contribution in [0.25, 0.3) is 0 Å². The van der Waals surface area contributed by atoms with Gasteiger partial charge in [-0.2, -0.15) is 0 Å². The first kappa shape index (κ1) is 9.74. The number of carboxylic acid groups (broad SMARTS) is 1. The summed E-state index contributed by atoms with van der Waals surface area (Å²) in [5.41, 5.74) is -0.332. The highest BCUT2D eigenvalue weighted by molar-refractivity contribution is 5.89. The highest BCUT2D eigenvalue weighted by atomic mass is 16.6. The van der Waals surface area contributed by atoms with E-state index in [2.05, 4.69) is 5.92 Å². The van der Waals surface area contributed by atoms with Crippen molar-refractivity contribution in [3.8, 4) is 12.3 Å². The third-order valence-electron chi connectivity index (χ3n) is 1.54. The average Bonchev–Trinajstić information content (AvgIpc) is 2.16. The quantitative estimate of drug-likeness (QED) is 0.433. The number of hydrogen-bond acceptors (Lipinski definition) is 3. The van der Waals surface area contributed by atoms with Gasteiger partial charge in [0.25, 0.3) is 5.69 Å². The fourth-order valence-corrected chi connectivity index (χ4v) is 0.923. The predicted octanol–water partition coefficient (Wildman–Crippen LogP) is 1.27. The normalized spacial score (nSPS) is 9.07. The zero-order valence-corrected chi connectivity index (χ0v) is 6.93. The van der Waals surface area contributed by atoms with Gasteiger partial charge in [-0.3, -0.25) is 10.1 Å². The smallest absolute Gasteiger partial charge is 0.335 e. The molecule has 0 aliphatic heterocycles. The second-order valence-electron chi connectivity index (χ2n) is 2.48. The highest BCUT2D eigenvalue weighted by Crippen LogP contribution is 2.16. The van der Waals surface area contributed by atoms with E-state index in [1.54, 1.807) is 0 Å². The maximum Gasteiger partial charge on any atom is 0.335 e. The summed E-state index contributed by atoms with van der Waals surface area (Å²) in [7, 11) is 0. The lowest BCUT2D eigenvalue weighted by Gasteiger charge is -1.96. The van der Waals surface area contributed by atoms with E-state index in [-0.39, 0.29) is 16.8 Å². The Bertz CT molecular complexity index is 412. The molecule has 0 radical (unpaired) electrons. The van der Waals surface area contributed by atoms with Gasteiger partial charge in [0.2, 0.25) is 0 Å². The number of carbonyl (C=O) groups is 1. The minimum absolute atomic E-state index is 0.177. The summed E-state index contributed by atoms with van der Waals surface area (Å²) in [6.07, 6.45) is 5.02. The molecule has 0 atom stereocenters. The lowest BCUT2D eigenvalue weighted by atomic mass is 10.1. The second-order valence-corrected chi connectivity index (χ2v) is 2.48. The zero-order valence-electron chi connectivity index (χ0n) is 6.93. The van der Waals surface area contributed by atoms with E-state index < -0.39 is 10.9 Å². The molecule has 0 aromatic heterocycles. The van der Waals surface area contributed by atoms with E-state index in [9.17, 15) is 14.9 Å². The van der Waals surface area contributed by atoms with Crippen LogP contribution in [0, 0.1) is 22.5 Å². The Balaban J connectivity index is 3.36. The third-order valence-corrected chi connectivity index (χ3v) is 1.54. The lowest BCUT2D eigenvalue weighted by Crippen LogP contribution is -1.99. The van der Waals surface area contributed by atoms with E-state index in [0.29, 0.717) is 0 Å². The van der Waals surface area contributed by atoms with Crippen molar-refractivity contribution in [1.29, 1.82) is 0 Å². The SMILES string of the molecule is C#Cc1cc(C(=O)O)cc([N+](=O)[O-])c1. The number of non-ortho nitro benzene ring substituents is 1. The molecule has 0 aliphatic rings. The topological polar surface area (TPSA) is 80.4 Å². The number of nitro benzene ring substituents is 1. The second kappa shape index (κ2) is 3.58. The van der Waals surface area contributed by atoms with Gasteiger partial charge in [-0.25, -0.2) is 4.79 Å². The van der Waals surface area contributed by atoms with Crippen LogP contribution in [0.4, 0.5) is 5.69 Å². The number of aromatic carboxylic acids is 1. The Morgan fingerprint density at radius 3 is 2.57 bits per heavy atom. The van der Waals surface area contributed by atoms with Crippen molar-refractivity contribution in [3.63, 3.8) is 0 Å². The molecule has 1 rings (SSSR count). The van der Waals surface area contributed by atoms with E-state index >= 15 is 0 Å². The van der Waals surface area contributed by atoms with Crippen LogP contribution in [-0.2, 0) is 0 Å². The molecule has 0 saturated heterocycles. The van der Waals surface area contributed by atoms with Gasteiger partial charge >= 0.3 is 5.97 Å². The first-order valence-electron chi connectivity index (χ1n) is 3.54. The van der Waals surface area contributed by atoms with Crippen LogP contribution in [0.1, 0.15) is 15.9 Å². The van der Waals surface area contributed by atoms with Gasteiger partial charge in [-0.1, -0.05) is 5.92 Å². The Hall–Kier alpha value is -2.35. The summed E-state index contributed by atoms with van der Waals surface area (Å²) in [6.45, 7) is 0. The predicted molar refractivity (Wildman–Crippen MR) is 48.0 cm³/mol. The third kappa shape index (κ3) is 1.87. The van der Waals surface area contributed by atoms with Gasteiger partial charge in [0.15, 0.2) is 0 Å². The van der Waals surface area contributed by atoms with E-state index in [1.165, 1.54) is 6.07 Å². The van der Waals surface area contributed by atoms with Crippen molar-refractivity contribution in [2.24, 2.45) is 0 Å². The molecule has 0 aliphatic carbocycles. The van der Waals surface area contributed by atoms with Crippen LogP contribution in [0.5, 0.6) is 0 Å². The molecule has 0 spiro atoms. The highest BCUT2D eigenvalue weighted by Gasteiger charge is 2.12. The van der Waals surface area contributed by atoms with Crippen molar-refractivity contribution in [1.82, 2.24) is 0 Å². The van der Waals surface area contributed by atoms with E-state index in [0.717, 1.165) is 12.1 Å². The van der Waals surface area contributed by atoms with Gasteiger partial charge in [-0.05, 0) is 6.07 Å². The van der Waals surface area contributed by atoms with Gasteiger partial charge in [0, 0.05) is 17.7 Å². The summed E-state index contributed by atoms with van der Waals surface area (Å²) < 4.78 is 0. The number of rotatable bonds is 2. The zero-order chi connectivity index (χ0) is 10.7. The van der Waals surface area contributed by atoms with Crippen LogP contribution in [-0.4, -0.2) is 16.0 Å². The molecule has 0 amide bonds. The fraction of sp³-hybridized carbons (Fsp3) is 0. The summed E-state index contributed by atoms with van der Waals surface area (Å²) in [5.74, 6) is 0.905. The number of hydrogen-bond donors (Lipinski definition) is 1. The molecular formula is C9H5NO4. The van der Waals surface area contributed by atoms with Gasteiger partial charge in [0.05, 0.1) is 10.5 Å². The first-order chi connectivity index (χ1) is 6.54. The molecule has 70 valence electrons. The van der Waals surface area contributed by atoms with Gasteiger partial charge < -0.3 is 5.11 Å².